The summed E-state index contributed by atoms with van der Waals surface area (Å²) in [4.78, 5) is 17.2. The standard InChI is InChI=1S/C11H9ClFN3O2/c12-9-10(17)15-5-16-11(9)18-7-2-1-6(4-14)8(13)3-7/h1-3,5H,4,14H2,(H,15,16,17). The van der Waals surface area contributed by atoms with Crippen LogP contribution in [-0.4, -0.2) is 9.97 Å². The molecule has 0 saturated carbocycles. The van der Waals surface area contributed by atoms with Crippen LogP contribution in [0.1, 0.15) is 5.56 Å². The molecule has 0 bridgehead atoms. The minimum atomic E-state index is -0.527. The first kappa shape index (κ1) is 12.5. The summed E-state index contributed by atoms with van der Waals surface area (Å²) in [5.41, 5.74) is 5.18. The van der Waals surface area contributed by atoms with E-state index in [9.17, 15) is 9.18 Å². The molecule has 1 heterocycles. The third-order valence-corrected chi connectivity index (χ3v) is 2.56. The summed E-state index contributed by atoms with van der Waals surface area (Å²) >= 11 is 5.70. The van der Waals surface area contributed by atoms with Crippen molar-refractivity contribution in [3.05, 3.63) is 51.3 Å². The van der Waals surface area contributed by atoms with Gasteiger partial charge in [-0.2, -0.15) is 0 Å². The van der Waals surface area contributed by atoms with Crippen molar-refractivity contribution in [2.45, 2.75) is 6.54 Å². The molecule has 0 amide bonds. The Morgan fingerprint density at radius 3 is 2.94 bits per heavy atom. The second-order valence-corrected chi connectivity index (χ2v) is 3.79. The number of aromatic nitrogens is 2. The number of hydrogen-bond acceptors (Lipinski definition) is 4. The van der Waals surface area contributed by atoms with Gasteiger partial charge in [-0.05, 0) is 6.07 Å². The first-order valence-electron chi connectivity index (χ1n) is 5.01. The van der Waals surface area contributed by atoms with Crippen molar-refractivity contribution in [2.75, 3.05) is 0 Å². The second kappa shape index (κ2) is 5.16. The van der Waals surface area contributed by atoms with Crippen LogP contribution in [0, 0.1) is 5.82 Å². The lowest BCUT2D eigenvalue weighted by Crippen LogP contribution is -2.08. The van der Waals surface area contributed by atoms with E-state index in [4.69, 9.17) is 22.1 Å². The zero-order chi connectivity index (χ0) is 13.1. The van der Waals surface area contributed by atoms with Crippen LogP contribution in [0.2, 0.25) is 5.02 Å². The molecule has 5 nitrogen and oxygen atoms in total. The van der Waals surface area contributed by atoms with E-state index in [0.717, 1.165) is 12.4 Å². The van der Waals surface area contributed by atoms with Crippen LogP contribution in [0.4, 0.5) is 4.39 Å². The Hall–Kier alpha value is -1.92. The fourth-order valence-electron chi connectivity index (χ4n) is 1.31. The normalized spacial score (nSPS) is 10.4. The summed E-state index contributed by atoms with van der Waals surface area (Å²) in [5.74, 6) is -0.388. The van der Waals surface area contributed by atoms with E-state index >= 15 is 0 Å². The van der Waals surface area contributed by atoms with Gasteiger partial charge in [0.2, 0.25) is 5.88 Å². The van der Waals surface area contributed by atoms with Crippen LogP contribution in [-0.2, 0) is 6.54 Å². The van der Waals surface area contributed by atoms with E-state index in [0.29, 0.717) is 5.56 Å². The van der Waals surface area contributed by atoms with E-state index in [2.05, 4.69) is 9.97 Å². The van der Waals surface area contributed by atoms with Gasteiger partial charge in [-0.1, -0.05) is 17.7 Å². The molecule has 7 heteroatoms. The molecule has 2 rings (SSSR count). The van der Waals surface area contributed by atoms with Crippen LogP contribution in [0.5, 0.6) is 11.6 Å². The van der Waals surface area contributed by atoms with Crippen molar-refractivity contribution >= 4 is 11.6 Å². The Bertz CT molecular complexity index is 630. The Kier molecular flexibility index (Phi) is 3.59. The smallest absolute Gasteiger partial charge is 0.273 e. The van der Waals surface area contributed by atoms with Gasteiger partial charge >= 0.3 is 0 Å². The first-order valence-corrected chi connectivity index (χ1v) is 5.39. The van der Waals surface area contributed by atoms with E-state index in [-0.39, 0.29) is 23.2 Å². The molecule has 0 atom stereocenters. The zero-order valence-electron chi connectivity index (χ0n) is 9.11. The fourth-order valence-corrected chi connectivity index (χ4v) is 1.45. The van der Waals surface area contributed by atoms with Crippen LogP contribution < -0.4 is 16.0 Å². The van der Waals surface area contributed by atoms with Crippen molar-refractivity contribution in [1.29, 1.82) is 0 Å². The lowest BCUT2D eigenvalue weighted by Gasteiger charge is -2.07. The molecule has 0 aliphatic carbocycles. The van der Waals surface area contributed by atoms with Crippen LogP contribution in [0.3, 0.4) is 0 Å². The molecule has 0 saturated heterocycles. The molecule has 0 fully saturated rings. The molecule has 18 heavy (non-hydrogen) atoms. The number of H-pyrrole nitrogens is 1. The quantitative estimate of drug-likeness (QED) is 0.890. The number of nitrogens with two attached hydrogens (primary N) is 1. The predicted molar refractivity (Wildman–Crippen MR) is 64.2 cm³/mol. The number of ether oxygens (including phenoxy) is 1. The fraction of sp³-hybridized carbons (Fsp3) is 0.0909. The molecule has 1 aromatic carbocycles. The molecule has 2 aromatic rings. The first-order chi connectivity index (χ1) is 8.61. The van der Waals surface area contributed by atoms with Crippen LogP contribution in [0.25, 0.3) is 0 Å². The number of aromatic amines is 1. The summed E-state index contributed by atoms with van der Waals surface area (Å²) in [6.45, 7) is 0.0934. The van der Waals surface area contributed by atoms with Gasteiger partial charge in [-0.25, -0.2) is 9.37 Å². The third-order valence-electron chi connectivity index (χ3n) is 2.22. The summed E-state index contributed by atoms with van der Waals surface area (Å²) in [5, 5.41) is -0.194. The van der Waals surface area contributed by atoms with E-state index in [1.165, 1.54) is 12.1 Å². The number of nitrogens with zero attached hydrogens (tertiary/aromatic N) is 1. The van der Waals surface area contributed by atoms with Gasteiger partial charge in [0.15, 0.2) is 5.02 Å². The zero-order valence-corrected chi connectivity index (χ0v) is 9.87. The van der Waals surface area contributed by atoms with Gasteiger partial charge in [-0.15, -0.1) is 0 Å². The van der Waals surface area contributed by atoms with Crippen LogP contribution >= 0.6 is 11.6 Å². The highest BCUT2D eigenvalue weighted by molar-refractivity contribution is 6.31. The van der Waals surface area contributed by atoms with Crippen molar-refractivity contribution in [1.82, 2.24) is 9.97 Å². The van der Waals surface area contributed by atoms with E-state index in [1.54, 1.807) is 0 Å². The molecule has 0 aliphatic rings. The molecule has 0 aliphatic heterocycles. The minimum absolute atomic E-state index is 0.0830. The van der Waals surface area contributed by atoms with Gasteiger partial charge in [0.1, 0.15) is 11.6 Å². The molecule has 3 N–H and O–H groups in total. The number of benzene rings is 1. The minimum Gasteiger partial charge on any atom is -0.437 e. The monoisotopic (exact) mass is 269 g/mol. The van der Waals surface area contributed by atoms with Gasteiger partial charge in [0.05, 0.1) is 6.33 Å². The molecule has 0 radical (unpaired) electrons. The Morgan fingerprint density at radius 2 is 2.28 bits per heavy atom. The number of halogens is 2. The van der Waals surface area contributed by atoms with Crippen molar-refractivity contribution in [3.8, 4) is 11.6 Å². The highest BCUT2D eigenvalue weighted by Gasteiger charge is 2.09. The maximum atomic E-state index is 13.5. The molecule has 0 spiro atoms. The Labute approximate surface area is 106 Å². The second-order valence-electron chi connectivity index (χ2n) is 3.41. The van der Waals surface area contributed by atoms with Crippen molar-refractivity contribution in [3.63, 3.8) is 0 Å². The molecular weight excluding hydrogens is 261 g/mol. The molecule has 94 valence electrons. The lowest BCUT2D eigenvalue weighted by molar-refractivity contribution is 0.455. The van der Waals surface area contributed by atoms with Crippen LogP contribution in [0.15, 0.2) is 29.3 Å². The van der Waals surface area contributed by atoms with Gasteiger partial charge in [0.25, 0.3) is 5.56 Å². The number of nitrogens with one attached hydrogen (secondary N) is 1. The van der Waals surface area contributed by atoms with Gasteiger partial charge in [-0.3, -0.25) is 4.79 Å². The van der Waals surface area contributed by atoms with E-state index < -0.39 is 11.4 Å². The number of hydrogen-bond donors (Lipinski definition) is 2. The van der Waals surface area contributed by atoms with E-state index in [1.807, 2.05) is 0 Å². The highest BCUT2D eigenvalue weighted by Crippen LogP contribution is 2.25. The largest absolute Gasteiger partial charge is 0.437 e. The summed E-state index contributed by atoms with van der Waals surface area (Å²) in [6, 6.07) is 4.16. The van der Waals surface area contributed by atoms with Gasteiger partial charge in [0, 0.05) is 18.2 Å². The summed E-state index contributed by atoms with van der Waals surface area (Å²) in [7, 11) is 0. The third kappa shape index (κ3) is 2.49. The molecule has 1 aromatic heterocycles. The summed E-state index contributed by atoms with van der Waals surface area (Å²) in [6.07, 6.45) is 1.15. The number of rotatable bonds is 3. The lowest BCUT2D eigenvalue weighted by atomic mass is 10.2. The Morgan fingerprint density at radius 1 is 1.50 bits per heavy atom. The SMILES string of the molecule is NCc1ccc(Oc2nc[nH]c(=O)c2Cl)cc1F. The predicted octanol–water partition coefficient (Wildman–Crippen LogP) is 1.81. The average Bonchev–Trinajstić information content (AvgIpc) is 2.35. The Balaban J connectivity index is 2.32. The highest BCUT2D eigenvalue weighted by atomic mass is 35.5. The average molecular weight is 270 g/mol. The molecular formula is C11H9ClFN3O2. The van der Waals surface area contributed by atoms with Crippen molar-refractivity contribution in [2.24, 2.45) is 5.73 Å². The summed E-state index contributed by atoms with van der Waals surface area (Å²) < 4.78 is 18.7. The van der Waals surface area contributed by atoms with Crippen molar-refractivity contribution < 1.29 is 9.13 Å². The molecule has 0 unspecified atom stereocenters. The topological polar surface area (TPSA) is 81.0 Å². The maximum absolute atomic E-state index is 13.5. The maximum Gasteiger partial charge on any atom is 0.273 e. The van der Waals surface area contributed by atoms with Gasteiger partial charge < -0.3 is 15.5 Å².